The molecule has 1 spiro atoms. The third-order valence-electron chi connectivity index (χ3n) is 3.65. The highest BCUT2D eigenvalue weighted by molar-refractivity contribution is 9.10. The first-order valence-corrected chi connectivity index (χ1v) is 5.84. The van der Waals surface area contributed by atoms with Gasteiger partial charge in [0.1, 0.15) is 0 Å². The van der Waals surface area contributed by atoms with Gasteiger partial charge in [0.2, 0.25) is 0 Å². The quantitative estimate of drug-likeness (QED) is 0.690. The molecule has 1 aromatic carbocycles. The first-order chi connectivity index (χ1) is 6.73. The van der Waals surface area contributed by atoms with E-state index in [1.165, 1.54) is 24.8 Å². The first-order valence-electron chi connectivity index (χ1n) is 5.05. The molecule has 0 bridgehead atoms. The Kier molecular flexibility index (Phi) is 1.67. The number of ketones is 1. The van der Waals surface area contributed by atoms with E-state index in [0.717, 1.165) is 16.5 Å². The van der Waals surface area contributed by atoms with Gasteiger partial charge in [0, 0.05) is 21.9 Å². The van der Waals surface area contributed by atoms with Crippen LogP contribution in [-0.4, -0.2) is 5.78 Å². The number of benzene rings is 1. The highest BCUT2D eigenvalue weighted by Gasteiger charge is 2.48. The molecule has 14 heavy (non-hydrogen) atoms. The molecule has 1 aromatic rings. The summed E-state index contributed by atoms with van der Waals surface area (Å²) in [6, 6.07) is 5.98. The first kappa shape index (κ1) is 8.66. The van der Waals surface area contributed by atoms with Gasteiger partial charge in [-0.2, -0.15) is 0 Å². The predicted octanol–water partition coefficient (Wildman–Crippen LogP) is 3.46. The number of carbonyl (C=O) groups is 1. The molecule has 3 rings (SSSR count). The van der Waals surface area contributed by atoms with E-state index in [9.17, 15) is 4.79 Å². The summed E-state index contributed by atoms with van der Waals surface area (Å²) in [6.07, 6.45) is 4.39. The van der Waals surface area contributed by atoms with E-state index in [2.05, 4.69) is 22.0 Å². The van der Waals surface area contributed by atoms with Crippen LogP contribution in [0.5, 0.6) is 0 Å². The summed E-state index contributed by atoms with van der Waals surface area (Å²) < 4.78 is 1.13. The SMILES string of the molecule is O=C1CC2(CCC2)c2c(Br)cccc21. The molecule has 0 atom stereocenters. The van der Waals surface area contributed by atoms with Gasteiger partial charge in [0.15, 0.2) is 5.78 Å². The molecule has 0 radical (unpaired) electrons. The Morgan fingerprint density at radius 2 is 2.07 bits per heavy atom. The van der Waals surface area contributed by atoms with Crippen LogP contribution < -0.4 is 0 Å². The van der Waals surface area contributed by atoms with E-state index >= 15 is 0 Å². The summed E-state index contributed by atoms with van der Waals surface area (Å²) >= 11 is 3.57. The van der Waals surface area contributed by atoms with Gasteiger partial charge in [-0.25, -0.2) is 0 Å². The van der Waals surface area contributed by atoms with Gasteiger partial charge in [-0.3, -0.25) is 4.79 Å². The Hall–Kier alpha value is -0.630. The molecule has 0 amide bonds. The maximum atomic E-state index is 11.8. The van der Waals surface area contributed by atoms with E-state index in [1.54, 1.807) is 0 Å². The van der Waals surface area contributed by atoms with Gasteiger partial charge in [0.05, 0.1) is 0 Å². The van der Waals surface area contributed by atoms with Crippen molar-refractivity contribution in [3.8, 4) is 0 Å². The zero-order valence-corrected chi connectivity index (χ0v) is 9.43. The molecule has 0 aromatic heterocycles. The van der Waals surface area contributed by atoms with E-state index in [-0.39, 0.29) is 5.41 Å². The highest BCUT2D eigenvalue weighted by Crippen LogP contribution is 2.54. The largest absolute Gasteiger partial charge is 0.294 e. The number of hydrogen-bond acceptors (Lipinski definition) is 1. The van der Waals surface area contributed by atoms with Gasteiger partial charge in [-0.15, -0.1) is 0 Å². The number of halogens is 1. The lowest BCUT2D eigenvalue weighted by molar-refractivity contribution is 0.0946. The predicted molar refractivity (Wildman–Crippen MR) is 58.6 cm³/mol. The average Bonchev–Trinajstić information content (AvgIpc) is 2.41. The fourth-order valence-corrected chi connectivity index (χ4v) is 3.60. The Balaban J connectivity index is 2.25. The highest BCUT2D eigenvalue weighted by atomic mass is 79.9. The van der Waals surface area contributed by atoms with Crippen molar-refractivity contribution in [1.82, 2.24) is 0 Å². The minimum absolute atomic E-state index is 0.215. The average molecular weight is 251 g/mol. The molecule has 72 valence electrons. The zero-order valence-electron chi connectivity index (χ0n) is 7.85. The Morgan fingerprint density at radius 1 is 1.29 bits per heavy atom. The van der Waals surface area contributed by atoms with E-state index in [0.29, 0.717) is 5.78 Å². The summed E-state index contributed by atoms with van der Waals surface area (Å²) in [5.74, 6) is 0.334. The fraction of sp³-hybridized carbons (Fsp3) is 0.417. The lowest BCUT2D eigenvalue weighted by atomic mass is 9.65. The smallest absolute Gasteiger partial charge is 0.164 e. The zero-order chi connectivity index (χ0) is 9.76. The van der Waals surface area contributed by atoms with Gasteiger partial charge >= 0.3 is 0 Å². The summed E-state index contributed by atoms with van der Waals surface area (Å²) in [4.78, 5) is 11.8. The molecule has 1 nitrogen and oxygen atoms in total. The second-order valence-corrected chi connectivity index (χ2v) is 5.25. The van der Waals surface area contributed by atoms with Crippen LogP contribution in [0.25, 0.3) is 0 Å². The molecular formula is C12H11BrO. The molecular weight excluding hydrogens is 240 g/mol. The van der Waals surface area contributed by atoms with Crippen LogP contribution in [-0.2, 0) is 5.41 Å². The summed E-state index contributed by atoms with van der Waals surface area (Å²) in [5.41, 5.74) is 2.46. The molecule has 0 saturated heterocycles. The standard InChI is InChI=1S/C12H11BrO/c13-9-4-1-3-8-10(14)7-12(11(8)9)5-2-6-12/h1,3-4H,2,5-7H2. The van der Waals surface area contributed by atoms with Crippen LogP contribution in [0, 0.1) is 0 Å². The Bertz CT molecular complexity index is 418. The summed E-state index contributed by atoms with van der Waals surface area (Å²) in [5, 5.41) is 0. The number of hydrogen-bond donors (Lipinski definition) is 0. The molecule has 0 heterocycles. The fourth-order valence-electron chi connectivity index (χ4n) is 2.82. The molecule has 0 N–H and O–H groups in total. The lowest BCUT2D eigenvalue weighted by Crippen LogP contribution is -2.32. The van der Waals surface area contributed by atoms with Crippen LogP contribution in [0.15, 0.2) is 22.7 Å². The normalized spacial score (nSPS) is 22.2. The van der Waals surface area contributed by atoms with Crippen molar-refractivity contribution in [2.75, 3.05) is 0 Å². The van der Waals surface area contributed by atoms with Crippen molar-refractivity contribution in [1.29, 1.82) is 0 Å². The molecule has 2 heteroatoms. The van der Waals surface area contributed by atoms with Crippen molar-refractivity contribution in [2.45, 2.75) is 31.1 Å². The van der Waals surface area contributed by atoms with Crippen LogP contribution >= 0.6 is 15.9 Å². The second kappa shape index (κ2) is 2.69. The third-order valence-corrected chi connectivity index (χ3v) is 4.31. The molecule has 2 aliphatic rings. The van der Waals surface area contributed by atoms with Crippen molar-refractivity contribution >= 4 is 21.7 Å². The van der Waals surface area contributed by atoms with E-state index in [4.69, 9.17) is 0 Å². The maximum Gasteiger partial charge on any atom is 0.164 e. The van der Waals surface area contributed by atoms with Crippen LogP contribution in [0.4, 0.5) is 0 Å². The van der Waals surface area contributed by atoms with Gasteiger partial charge in [-0.05, 0) is 24.5 Å². The second-order valence-electron chi connectivity index (χ2n) is 4.40. The Morgan fingerprint density at radius 3 is 2.71 bits per heavy atom. The topological polar surface area (TPSA) is 17.1 Å². The third kappa shape index (κ3) is 0.924. The molecule has 1 saturated carbocycles. The van der Waals surface area contributed by atoms with Crippen molar-refractivity contribution in [3.05, 3.63) is 33.8 Å². The summed E-state index contributed by atoms with van der Waals surface area (Å²) in [7, 11) is 0. The number of Topliss-reactive ketones (excluding diaryl/α,β-unsaturated/α-hetero) is 1. The molecule has 1 fully saturated rings. The van der Waals surface area contributed by atoms with Crippen molar-refractivity contribution in [2.24, 2.45) is 0 Å². The van der Waals surface area contributed by atoms with E-state index < -0.39 is 0 Å². The minimum Gasteiger partial charge on any atom is -0.294 e. The Labute approximate surface area is 91.6 Å². The van der Waals surface area contributed by atoms with Gasteiger partial charge in [0.25, 0.3) is 0 Å². The maximum absolute atomic E-state index is 11.8. The van der Waals surface area contributed by atoms with Crippen molar-refractivity contribution < 1.29 is 4.79 Å². The molecule has 0 aliphatic heterocycles. The van der Waals surface area contributed by atoms with Crippen LogP contribution in [0.3, 0.4) is 0 Å². The number of fused-ring (bicyclic) bond motifs is 2. The monoisotopic (exact) mass is 250 g/mol. The lowest BCUT2D eigenvalue weighted by Gasteiger charge is -2.39. The molecule has 0 unspecified atom stereocenters. The van der Waals surface area contributed by atoms with Crippen LogP contribution in [0.2, 0.25) is 0 Å². The van der Waals surface area contributed by atoms with Crippen molar-refractivity contribution in [3.63, 3.8) is 0 Å². The number of rotatable bonds is 0. The summed E-state index contributed by atoms with van der Waals surface area (Å²) in [6.45, 7) is 0. The molecule has 2 aliphatic carbocycles. The van der Waals surface area contributed by atoms with Crippen LogP contribution in [0.1, 0.15) is 41.6 Å². The minimum atomic E-state index is 0.215. The van der Waals surface area contributed by atoms with Gasteiger partial charge < -0.3 is 0 Å². The number of carbonyl (C=O) groups excluding carboxylic acids is 1. The van der Waals surface area contributed by atoms with E-state index in [1.807, 2.05) is 12.1 Å². The van der Waals surface area contributed by atoms with Gasteiger partial charge in [-0.1, -0.05) is 34.5 Å².